The second-order valence-electron chi connectivity index (χ2n) is 15.9. The summed E-state index contributed by atoms with van der Waals surface area (Å²) in [7, 11) is -4.01. The molecule has 3 aliphatic heterocycles. The Bertz CT molecular complexity index is 2340. The molecular formula is C47H51N5O7S. The standard InChI is InChI=1S/C47H51N5O7S/c1-33-12-22-41(23-13-33)60(56,57)50-42(28-34-8-4-2-5-9-34)44(54)49-38-20-18-37(19-21-38)45-58-40(29-43(59-45)36-16-14-35(31-53)15-17-36)30-51-26-24-47(25-27-51)46(55)48-32-52(47)39-10-6-3-7-11-39/h2-23,40,42-43,45,50,53H,24-32H2,1H3,(H,48,55)(H,49,54)/t40-,42+,43+,45+/m0/s1. The van der Waals surface area contributed by atoms with Crippen molar-refractivity contribution in [2.24, 2.45) is 0 Å². The summed E-state index contributed by atoms with van der Waals surface area (Å²) >= 11 is 0. The lowest BCUT2D eigenvalue weighted by molar-refractivity contribution is -0.253. The number of amides is 2. The molecule has 0 aromatic heterocycles. The Morgan fingerprint density at radius 1 is 0.833 bits per heavy atom. The zero-order chi connectivity index (χ0) is 41.7. The van der Waals surface area contributed by atoms with Gasteiger partial charge in [-0.05, 0) is 79.3 Å². The fourth-order valence-corrected chi connectivity index (χ4v) is 9.62. The van der Waals surface area contributed by atoms with Gasteiger partial charge in [-0.25, -0.2) is 8.42 Å². The molecule has 4 atom stereocenters. The first-order chi connectivity index (χ1) is 29.1. The van der Waals surface area contributed by atoms with Crippen LogP contribution >= 0.6 is 0 Å². The average Bonchev–Trinajstić information content (AvgIpc) is 3.59. The summed E-state index contributed by atoms with van der Waals surface area (Å²) in [5.41, 5.74) is 5.22. The van der Waals surface area contributed by atoms with Crippen LogP contribution in [0.2, 0.25) is 0 Å². The zero-order valence-electron chi connectivity index (χ0n) is 33.6. The van der Waals surface area contributed by atoms with Crippen LogP contribution < -0.4 is 20.3 Å². The minimum absolute atomic E-state index is 0.0507. The molecule has 3 heterocycles. The molecule has 0 bridgehead atoms. The number of ether oxygens (including phenoxy) is 2. The molecule has 0 unspecified atom stereocenters. The van der Waals surface area contributed by atoms with Gasteiger partial charge in [0.15, 0.2) is 6.29 Å². The van der Waals surface area contributed by atoms with Gasteiger partial charge < -0.3 is 35.0 Å². The van der Waals surface area contributed by atoms with Crippen molar-refractivity contribution in [3.05, 3.63) is 161 Å². The van der Waals surface area contributed by atoms with Crippen LogP contribution in [-0.4, -0.2) is 74.2 Å². The third kappa shape index (κ3) is 9.31. The van der Waals surface area contributed by atoms with Gasteiger partial charge in [0.05, 0.1) is 30.4 Å². The van der Waals surface area contributed by atoms with Crippen molar-refractivity contribution in [2.75, 3.05) is 36.5 Å². The van der Waals surface area contributed by atoms with Gasteiger partial charge in [0.25, 0.3) is 0 Å². The van der Waals surface area contributed by atoms with E-state index < -0.39 is 33.8 Å². The van der Waals surface area contributed by atoms with Crippen LogP contribution in [0, 0.1) is 6.92 Å². The number of carbonyl (C=O) groups is 2. The number of likely N-dealkylation sites (tertiary alicyclic amines) is 1. The van der Waals surface area contributed by atoms with Crippen LogP contribution in [0.5, 0.6) is 0 Å². The van der Waals surface area contributed by atoms with Crippen LogP contribution in [0.25, 0.3) is 0 Å². The lowest BCUT2D eigenvalue weighted by Crippen LogP contribution is -2.57. The number of aryl methyl sites for hydroxylation is 1. The Hall–Kier alpha value is -5.41. The third-order valence-corrected chi connectivity index (χ3v) is 13.3. The number of anilines is 2. The Kier molecular flexibility index (Phi) is 12.4. The number of para-hydroxylation sites is 1. The molecule has 312 valence electrons. The number of hydrogen-bond acceptors (Lipinski definition) is 9. The number of nitrogens with one attached hydrogen (secondary N) is 3. The molecule has 12 nitrogen and oxygen atoms in total. The van der Waals surface area contributed by atoms with E-state index in [0.29, 0.717) is 38.2 Å². The number of sulfonamides is 1. The highest BCUT2D eigenvalue weighted by Gasteiger charge is 2.50. The van der Waals surface area contributed by atoms with E-state index in [1.165, 1.54) is 12.1 Å². The number of aliphatic hydroxyl groups excluding tert-OH is 1. The van der Waals surface area contributed by atoms with Crippen molar-refractivity contribution >= 4 is 33.2 Å². The van der Waals surface area contributed by atoms with Gasteiger partial charge in [-0.1, -0.05) is 103 Å². The monoisotopic (exact) mass is 829 g/mol. The predicted molar refractivity (Wildman–Crippen MR) is 229 cm³/mol. The average molecular weight is 830 g/mol. The molecule has 2 amide bonds. The van der Waals surface area contributed by atoms with Gasteiger partial charge in [-0.3, -0.25) is 9.59 Å². The number of aliphatic hydroxyl groups is 1. The van der Waals surface area contributed by atoms with Crippen LogP contribution in [0.15, 0.2) is 138 Å². The highest BCUT2D eigenvalue weighted by molar-refractivity contribution is 7.89. The smallest absolute Gasteiger partial charge is 0.247 e. The molecule has 3 fully saturated rings. The molecular weight excluding hydrogens is 779 g/mol. The molecule has 8 rings (SSSR count). The molecule has 0 saturated carbocycles. The summed E-state index contributed by atoms with van der Waals surface area (Å²) in [6.07, 6.45) is 0.960. The normalized spacial score (nSPS) is 21.1. The molecule has 60 heavy (non-hydrogen) atoms. The maximum atomic E-state index is 13.8. The first kappa shape index (κ1) is 41.3. The van der Waals surface area contributed by atoms with Gasteiger partial charge in [-0.15, -0.1) is 0 Å². The molecule has 13 heteroatoms. The second kappa shape index (κ2) is 18.1. The summed E-state index contributed by atoms with van der Waals surface area (Å²) in [6, 6.07) is 39.8. The number of piperidine rings is 1. The number of nitrogens with zero attached hydrogens (tertiary/aromatic N) is 2. The number of rotatable bonds is 13. The van der Waals surface area contributed by atoms with E-state index in [4.69, 9.17) is 9.47 Å². The summed E-state index contributed by atoms with van der Waals surface area (Å²) < 4.78 is 42.8. The van der Waals surface area contributed by atoms with Gasteiger partial charge in [-0.2, -0.15) is 4.72 Å². The van der Waals surface area contributed by atoms with Gasteiger partial charge in [0.2, 0.25) is 21.8 Å². The van der Waals surface area contributed by atoms with E-state index in [1.54, 1.807) is 24.3 Å². The van der Waals surface area contributed by atoms with E-state index in [-0.39, 0.29) is 36.0 Å². The van der Waals surface area contributed by atoms with Crippen LogP contribution in [-0.2, 0) is 42.1 Å². The van der Waals surface area contributed by atoms with Crippen molar-refractivity contribution in [1.29, 1.82) is 0 Å². The lowest BCUT2D eigenvalue weighted by Gasteiger charge is -2.45. The number of benzene rings is 5. The first-order valence-corrected chi connectivity index (χ1v) is 21.9. The molecule has 5 aromatic carbocycles. The minimum atomic E-state index is -4.01. The SMILES string of the molecule is Cc1ccc(S(=O)(=O)N[C@H](Cc2ccccc2)C(=O)Nc2ccc([C@@H]3O[C@H](CN4CCC5(CC4)C(=O)NCN5c4ccccc4)C[C@H](c4ccc(CO)cc4)O3)cc2)cc1. The van der Waals surface area contributed by atoms with E-state index in [1.807, 2.05) is 91.9 Å². The van der Waals surface area contributed by atoms with Crippen molar-refractivity contribution in [3.8, 4) is 0 Å². The lowest BCUT2D eigenvalue weighted by atomic mass is 9.85. The molecule has 4 N–H and O–H groups in total. The Labute approximate surface area is 351 Å². The maximum Gasteiger partial charge on any atom is 0.247 e. The minimum Gasteiger partial charge on any atom is -0.392 e. The van der Waals surface area contributed by atoms with E-state index >= 15 is 0 Å². The Morgan fingerprint density at radius 2 is 1.48 bits per heavy atom. The topological polar surface area (TPSA) is 150 Å². The summed E-state index contributed by atoms with van der Waals surface area (Å²) in [5.74, 6) is -0.418. The van der Waals surface area contributed by atoms with Crippen molar-refractivity contribution in [3.63, 3.8) is 0 Å². The van der Waals surface area contributed by atoms with E-state index in [2.05, 4.69) is 37.3 Å². The molecule has 0 radical (unpaired) electrons. The first-order valence-electron chi connectivity index (χ1n) is 20.5. The van der Waals surface area contributed by atoms with Gasteiger partial charge in [0, 0.05) is 43.0 Å². The largest absolute Gasteiger partial charge is 0.392 e. The summed E-state index contributed by atoms with van der Waals surface area (Å²) in [5, 5.41) is 15.7. The highest BCUT2D eigenvalue weighted by atomic mass is 32.2. The molecule has 3 saturated heterocycles. The number of hydrogen-bond donors (Lipinski definition) is 4. The molecule has 5 aromatic rings. The van der Waals surface area contributed by atoms with Crippen molar-refractivity contribution < 1.29 is 32.6 Å². The Balaban J connectivity index is 0.965. The summed E-state index contributed by atoms with van der Waals surface area (Å²) in [6.45, 7) is 4.45. The maximum absolute atomic E-state index is 13.8. The second-order valence-corrected chi connectivity index (χ2v) is 17.6. The Morgan fingerprint density at radius 3 is 2.15 bits per heavy atom. The summed E-state index contributed by atoms with van der Waals surface area (Å²) in [4.78, 5) is 31.8. The van der Waals surface area contributed by atoms with Crippen LogP contribution in [0.4, 0.5) is 11.4 Å². The predicted octanol–water partition coefficient (Wildman–Crippen LogP) is 5.99. The molecule has 1 spiro atoms. The van der Waals surface area contributed by atoms with Crippen LogP contribution in [0.3, 0.4) is 0 Å². The quantitative estimate of drug-likeness (QED) is 0.112. The highest BCUT2D eigenvalue weighted by Crippen LogP contribution is 2.40. The fourth-order valence-electron chi connectivity index (χ4n) is 8.42. The van der Waals surface area contributed by atoms with E-state index in [9.17, 15) is 23.1 Å². The third-order valence-electron chi connectivity index (χ3n) is 11.8. The van der Waals surface area contributed by atoms with Gasteiger partial charge in [0.1, 0.15) is 11.6 Å². The van der Waals surface area contributed by atoms with Crippen molar-refractivity contribution in [1.82, 2.24) is 14.9 Å². The van der Waals surface area contributed by atoms with Gasteiger partial charge >= 0.3 is 0 Å². The number of carbonyl (C=O) groups excluding carboxylic acids is 2. The zero-order valence-corrected chi connectivity index (χ0v) is 34.4. The van der Waals surface area contributed by atoms with E-state index in [0.717, 1.165) is 46.6 Å². The molecule has 0 aliphatic carbocycles. The van der Waals surface area contributed by atoms with Crippen LogP contribution in [0.1, 0.15) is 59.5 Å². The van der Waals surface area contributed by atoms with Crippen molar-refractivity contribution in [2.45, 2.75) is 74.2 Å². The molecule has 3 aliphatic rings. The fraction of sp³-hybridized carbons (Fsp3) is 0.319.